The Morgan fingerprint density at radius 1 is 1.55 bits per heavy atom. The van der Waals surface area contributed by atoms with Gasteiger partial charge in [-0.15, -0.1) is 11.3 Å². The number of nitrogens with two attached hydrogens (primary N) is 1. The molecule has 1 aliphatic carbocycles. The van der Waals surface area contributed by atoms with E-state index in [0.717, 1.165) is 24.9 Å². The van der Waals surface area contributed by atoms with Crippen LogP contribution in [0.3, 0.4) is 0 Å². The summed E-state index contributed by atoms with van der Waals surface area (Å²) in [5.74, 6) is 1.59. The maximum absolute atomic E-state index is 6.21. The topological polar surface area (TPSA) is 29.3 Å². The van der Waals surface area contributed by atoms with Gasteiger partial charge in [0.25, 0.3) is 0 Å². The Bertz CT molecular complexity index is 432. The molecule has 2 N–H and O–H groups in total. The molecule has 0 saturated heterocycles. The summed E-state index contributed by atoms with van der Waals surface area (Å²) in [6, 6.07) is 2.23. The molecule has 114 valence electrons. The molecule has 20 heavy (non-hydrogen) atoms. The van der Waals surface area contributed by atoms with E-state index in [1.54, 1.807) is 0 Å². The van der Waals surface area contributed by atoms with Crippen LogP contribution in [0.15, 0.2) is 15.9 Å². The van der Waals surface area contributed by atoms with Gasteiger partial charge >= 0.3 is 0 Å². The minimum Gasteiger partial charge on any atom is -0.329 e. The van der Waals surface area contributed by atoms with Gasteiger partial charge in [-0.1, -0.05) is 26.7 Å². The second-order valence-corrected chi connectivity index (χ2v) is 8.53. The third kappa shape index (κ3) is 3.65. The number of rotatable bonds is 5. The van der Waals surface area contributed by atoms with E-state index in [0.29, 0.717) is 0 Å². The second kappa shape index (κ2) is 6.91. The van der Waals surface area contributed by atoms with Crippen molar-refractivity contribution >= 4 is 27.3 Å². The summed E-state index contributed by atoms with van der Waals surface area (Å²) in [5, 5.41) is 2.16. The van der Waals surface area contributed by atoms with E-state index in [-0.39, 0.29) is 5.54 Å². The molecule has 1 aromatic heterocycles. The van der Waals surface area contributed by atoms with Gasteiger partial charge < -0.3 is 5.73 Å². The molecule has 1 aromatic rings. The van der Waals surface area contributed by atoms with Crippen LogP contribution in [-0.2, 0) is 6.54 Å². The minimum absolute atomic E-state index is 0.198. The van der Waals surface area contributed by atoms with E-state index in [4.69, 9.17) is 5.73 Å². The molecule has 0 bridgehead atoms. The lowest BCUT2D eigenvalue weighted by Crippen LogP contribution is -2.54. The van der Waals surface area contributed by atoms with Crippen molar-refractivity contribution in [3.05, 3.63) is 20.8 Å². The lowest BCUT2D eigenvalue weighted by atomic mass is 9.71. The molecule has 0 aliphatic heterocycles. The highest BCUT2D eigenvalue weighted by molar-refractivity contribution is 9.10. The Morgan fingerprint density at radius 3 is 2.85 bits per heavy atom. The van der Waals surface area contributed by atoms with Gasteiger partial charge in [0.15, 0.2) is 0 Å². The van der Waals surface area contributed by atoms with E-state index >= 15 is 0 Å². The van der Waals surface area contributed by atoms with E-state index in [2.05, 4.69) is 53.2 Å². The van der Waals surface area contributed by atoms with E-state index < -0.39 is 0 Å². The van der Waals surface area contributed by atoms with Crippen molar-refractivity contribution in [2.75, 3.05) is 13.6 Å². The van der Waals surface area contributed by atoms with Crippen LogP contribution < -0.4 is 5.73 Å². The molecule has 0 aromatic carbocycles. The van der Waals surface area contributed by atoms with Crippen molar-refractivity contribution in [1.82, 2.24) is 4.90 Å². The average Bonchev–Trinajstić information content (AvgIpc) is 2.84. The Morgan fingerprint density at radius 2 is 2.30 bits per heavy atom. The molecular weight excluding hydrogens is 332 g/mol. The maximum Gasteiger partial charge on any atom is 0.0335 e. The first kappa shape index (κ1) is 16.5. The molecule has 1 heterocycles. The first-order chi connectivity index (χ1) is 9.47. The highest BCUT2D eigenvalue weighted by Crippen LogP contribution is 2.40. The van der Waals surface area contributed by atoms with Gasteiger partial charge in [0.05, 0.1) is 0 Å². The molecule has 4 heteroatoms. The number of likely N-dealkylation sites (N-methyl/N-ethyl adjacent to an activating group) is 1. The van der Waals surface area contributed by atoms with Gasteiger partial charge in [0.1, 0.15) is 0 Å². The quantitative estimate of drug-likeness (QED) is 0.840. The fraction of sp³-hybridized carbons (Fsp3) is 0.750. The zero-order chi connectivity index (χ0) is 14.8. The Labute approximate surface area is 135 Å². The Kier molecular flexibility index (Phi) is 5.69. The molecular formula is C16H27BrN2S. The van der Waals surface area contributed by atoms with E-state index in [1.807, 2.05) is 11.3 Å². The molecule has 2 unspecified atom stereocenters. The summed E-state index contributed by atoms with van der Waals surface area (Å²) in [6.45, 7) is 6.50. The lowest BCUT2D eigenvalue weighted by Gasteiger charge is -2.47. The summed E-state index contributed by atoms with van der Waals surface area (Å²) in [6.07, 6.45) is 5.19. The smallest absolute Gasteiger partial charge is 0.0335 e. The van der Waals surface area contributed by atoms with Gasteiger partial charge in [-0.25, -0.2) is 0 Å². The molecule has 2 atom stereocenters. The number of halogens is 1. The highest BCUT2D eigenvalue weighted by atomic mass is 79.9. The second-order valence-electron chi connectivity index (χ2n) is 6.62. The third-order valence-corrected chi connectivity index (χ3v) is 6.69. The molecule has 2 rings (SSSR count). The van der Waals surface area contributed by atoms with Crippen LogP contribution in [0, 0.1) is 11.8 Å². The van der Waals surface area contributed by atoms with Crippen molar-refractivity contribution in [2.45, 2.75) is 51.6 Å². The lowest BCUT2D eigenvalue weighted by molar-refractivity contribution is 0.0403. The van der Waals surface area contributed by atoms with Crippen LogP contribution in [-0.4, -0.2) is 24.0 Å². The predicted molar refractivity (Wildman–Crippen MR) is 92.1 cm³/mol. The van der Waals surface area contributed by atoms with Crippen LogP contribution in [0.5, 0.6) is 0 Å². The molecule has 2 nitrogen and oxygen atoms in total. The fourth-order valence-corrected chi connectivity index (χ4v) is 4.98. The Balaban J connectivity index is 2.08. The predicted octanol–water partition coefficient (Wildman–Crippen LogP) is 4.49. The summed E-state index contributed by atoms with van der Waals surface area (Å²) in [5.41, 5.74) is 6.41. The van der Waals surface area contributed by atoms with Crippen molar-refractivity contribution in [3.63, 3.8) is 0 Å². The number of nitrogens with zero attached hydrogens (tertiary/aromatic N) is 1. The van der Waals surface area contributed by atoms with Crippen molar-refractivity contribution in [3.8, 4) is 0 Å². The molecule has 0 amide bonds. The zero-order valence-electron chi connectivity index (χ0n) is 12.9. The van der Waals surface area contributed by atoms with Crippen LogP contribution in [0.1, 0.15) is 44.4 Å². The van der Waals surface area contributed by atoms with Crippen molar-refractivity contribution in [1.29, 1.82) is 0 Å². The largest absolute Gasteiger partial charge is 0.329 e. The maximum atomic E-state index is 6.21. The average molecular weight is 359 g/mol. The van der Waals surface area contributed by atoms with Gasteiger partial charge in [-0.05, 0) is 53.7 Å². The van der Waals surface area contributed by atoms with E-state index in [1.165, 1.54) is 35.0 Å². The molecule has 1 fully saturated rings. The van der Waals surface area contributed by atoms with Gasteiger partial charge in [-0.2, -0.15) is 0 Å². The SMILES string of the molecule is CC(C)C1CCCC(CN)(N(C)Cc2cc(Br)cs2)C1. The Hall–Kier alpha value is 0.1000. The monoisotopic (exact) mass is 358 g/mol. The van der Waals surface area contributed by atoms with Crippen LogP contribution in [0.4, 0.5) is 0 Å². The molecule has 0 radical (unpaired) electrons. The first-order valence-corrected chi connectivity index (χ1v) is 9.28. The van der Waals surface area contributed by atoms with E-state index in [9.17, 15) is 0 Å². The summed E-state index contributed by atoms with van der Waals surface area (Å²) < 4.78 is 1.19. The van der Waals surface area contributed by atoms with Crippen LogP contribution >= 0.6 is 27.3 Å². The van der Waals surface area contributed by atoms with Crippen molar-refractivity contribution < 1.29 is 0 Å². The number of thiophene rings is 1. The molecule has 1 aliphatic rings. The third-order valence-electron chi connectivity index (χ3n) is 5.01. The molecule has 0 spiro atoms. The highest BCUT2D eigenvalue weighted by Gasteiger charge is 2.39. The number of hydrogen-bond donors (Lipinski definition) is 1. The standard InChI is InChI=1S/C16H27BrN2S/c1-12(2)13-5-4-6-16(8-13,11-18)19(3)9-15-7-14(17)10-20-15/h7,10,12-13H,4-6,8-9,11,18H2,1-3H3. The zero-order valence-corrected chi connectivity index (χ0v) is 15.3. The first-order valence-electron chi connectivity index (χ1n) is 7.61. The minimum atomic E-state index is 0.198. The number of hydrogen-bond acceptors (Lipinski definition) is 3. The van der Waals surface area contributed by atoms with Crippen LogP contribution in [0.25, 0.3) is 0 Å². The summed E-state index contributed by atoms with van der Waals surface area (Å²) >= 11 is 5.37. The van der Waals surface area contributed by atoms with Gasteiger partial charge in [0.2, 0.25) is 0 Å². The van der Waals surface area contributed by atoms with Crippen LogP contribution in [0.2, 0.25) is 0 Å². The van der Waals surface area contributed by atoms with Gasteiger partial charge in [0, 0.05) is 33.4 Å². The van der Waals surface area contributed by atoms with Gasteiger partial charge in [-0.3, -0.25) is 4.90 Å². The van der Waals surface area contributed by atoms with Crippen molar-refractivity contribution in [2.24, 2.45) is 17.6 Å². The fourth-order valence-electron chi connectivity index (χ4n) is 3.48. The summed E-state index contributed by atoms with van der Waals surface area (Å²) in [7, 11) is 2.25. The summed E-state index contributed by atoms with van der Waals surface area (Å²) in [4.78, 5) is 3.93. The normalized spacial score (nSPS) is 27.4. The molecule has 1 saturated carbocycles.